The predicted octanol–water partition coefficient (Wildman–Crippen LogP) is 3.87. The Bertz CT molecular complexity index is 762. The summed E-state index contributed by atoms with van der Waals surface area (Å²) >= 11 is 5.94. The zero-order valence-corrected chi connectivity index (χ0v) is 13.0. The Balaban J connectivity index is 2.22. The number of nitrogens with zero attached hydrogens (tertiary/aromatic N) is 3. The zero-order valence-electron chi connectivity index (χ0n) is 12.3. The van der Waals surface area contributed by atoms with Crippen molar-refractivity contribution in [1.29, 1.82) is 0 Å². The number of alkyl halides is 1. The van der Waals surface area contributed by atoms with Crippen LogP contribution in [0, 0.1) is 0 Å². The Morgan fingerprint density at radius 3 is 2.67 bits per heavy atom. The van der Waals surface area contributed by atoms with E-state index in [1.807, 2.05) is 32.3 Å². The van der Waals surface area contributed by atoms with E-state index in [0.29, 0.717) is 5.88 Å². The largest absolute Gasteiger partial charge is 0.378 e. The van der Waals surface area contributed by atoms with Gasteiger partial charge in [0, 0.05) is 37.8 Å². The minimum Gasteiger partial charge on any atom is -0.378 e. The molecule has 0 saturated carbocycles. The van der Waals surface area contributed by atoms with E-state index in [-0.39, 0.29) is 0 Å². The maximum Gasteiger partial charge on any atom is 0.115 e. The molecule has 0 amide bonds. The quantitative estimate of drug-likeness (QED) is 0.682. The van der Waals surface area contributed by atoms with Crippen LogP contribution >= 0.6 is 11.6 Å². The molecule has 3 aromatic rings. The lowest BCUT2D eigenvalue weighted by molar-refractivity contribution is 0.911. The number of hydrogen-bond acceptors (Lipinski definition) is 2. The minimum absolute atomic E-state index is 0.566. The van der Waals surface area contributed by atoms with Gasteiger partial charge < -0.3 is 4.90 Å². The summed E-state index contributed by atoms with van der Waals surface area (Å²) in [6.07, 6.45) is 0.752. The monoisotopic (exact) mass is 299 g/mol. The highest BCUT2D eigenvalue weighted by Crippen LogP contribution is 2.24. The minimum atomic E-state index is 0.566. The van der Waals surface area contributed by atoms with Crippen molar-refractivity contribution in [1.82, 2.24) is 9.55 Å². The smallest absolute Gasteiger partial charge is 0.115 e. The third-order valence-electron chi connectivity index (χ3n) is 3.55. The van der Waals surface area contributed by atoms with Crippen LogP contribution < -0.4 is 4.90 Å². The van der Waals surface area contributed by atoms with Gasteiger partial charge in [-0.1, -0.05) is 18.2 Å². The van der Waals surface area contributed by atoms with E-state index in [2.05, 4.69) is 39.8 Å². The van der Waals surface area contributed by atoms with E-state index < -0.39 is 0 Å². The van der Waals surface area contributed by atoms with Crippen molar-refractivity contribution < 1.29 is 0 Å². The highest BCUT2D eigenvalue weighted by Gasteiger charge is 2.12. The second-order valence-electron chi connectivity index (χ2n) is 5.21. The number of aromatic nitrogens is 2. The molecule has 1 aromatic heterocycles. The molecule has 0 saturated heterocycles. The van der Waals surface area contributed by atoms with Crippen LogP contribution in [0.4, 0.5) is 5.69 Å². The average molecular weight is 300 g/mol. The van der Waals surface area contributed by atoms with Gasteiger partial charge in [-0.2, -0.15) is 0 Å². The third kappa shape index (κ3) is 2.61. The molecule has 108 valence electrons. The van der Waals surface area contributed by atoms with Crippen molar-refractivity contribution in [3.63, 3.8) is 0 Å². The van der Waals surface area contributed by atoms with Crippen LogP contribution in [0.1, 0.15) is 5.82 Å². The lowest BCUT2D eigenvalue weighted by atomic mass is 10.2. The Morgan fingerprint density at radius 2 is 1.90 bits per heavy atom. The van der Waals surface area contributed by atoms with Gasteiger partial charge in [0.15, 0.2) is 0 Å². The predicted molar refractivity (Wildman–Crippen MR) is 89.8 cm³/mol. The highest BCUT2D eigenvalue weighted by atomic mass is 35.5. The molecule has 0 aliphatic carbocycles. The van der Waals surface area contributed by atoms with Gasteiger partial charge >= 0.3 is 0 Å². The number of fused-ring (bicyclic) bond motifs is 1. The molecule has 2 aromatic carbocycles. The summed E-state index contributed by atoms with van der Waals surface area (Å²) in [4.78, 5) is 6.82. The molecule has 4 heteroatoms. The van der Waals surface area contributed by atoms with Crippen LogP contribution in [0.15, 0.2) is 48.5 Å². The van der Waals surface area contributed by atoms with Crippen LogP contribution in [-0.2, 0) is 6.42 Å². The number of benzene rings is 2. The fraction of sp³-hybridized carbons (Fsp3) is 0.235. The third-order valence-corrected chi connectivity index (χ3v) is 3.74. The molecule has 0 fully saturated rings. The van der Waals surface area contributed by atoms with Crippen molar-refractivity contribution in [2.75, 3.05) is 24.9 Å². The molecular formula is C17H18ClN3. The molecule has 0 N–H and O–H groups in total. The standard InChI is InChI=1S/C17H18ClN3/c1-20(2)13-6-5-7-14(12-13)21-16-9-4-3-8-15(16)19-17(21)10-11-18/h3-9,12H,10-11H2,1-2H3. The molecule has 0 bridgehead atoms. The number of anilines is 1. The first-order valence-corrected chi connectivity index (χ1v) is 7.54. The fourth-order valence-corrected chi connectivity index (χ4v) is 2.70. The SMILES string of the molecule is CN(C)c1cccc(-n2c(CCCl)nc3ccccc32)c1. The summed E-state index contributed by atoms with van der Waals surface area (Å²) in [6, 6.07) is 16.7. The van der Waals surface area contributed by atoms with Crippen LogP contribution in [0.25, 0.3) is 16.7 Å². The first kappa shape index (κ1) is 14.0. The maximum absolute atomic E-state index is 5.94. The second kappa shape index (κ2) is 5.78. The van der Waals surface area contributed by atoms with Gasteiger partial charge in [-0.25, -0.2) is 4.98 Å². The lowest BCUT2D eigenvalue weighted by Gasteiger charge is -2.15. The molecule has 0 atom stereocenters. The van der Waals surface area contributed by atoms with E-state index in [0.717, 1.165) is 29.0 Å². The summed E-state index contributed by atoms with van der Waals surface area (Å²) in [5.74, 6) is 1.57. The van der Waals surface area contributed by atoms with E-state index in [9.17, 15) is 0 Å². The molecular weight excluding hydrogens is 282 g/mol. The van der Waals surface area contributed by atoms with Crippen LogP contribution in [0.3, 0.4) is 0 Å². The van der Waals surface area contributed by atoms with Gasteiger partial charge in [-0.05, 0) is 30.3 Å². The Kier molecular flexibility index (Phi) is 3.84. The molecule has 0 spiro atoms. The number of para-hydroxylation sites is 2. The Morgan fingerprint density at radius 1 is 1.10 bits per heavy atom. The maximum atomic E-state index is 5.94. The summed E-state index contributed by atoms with van der Waals surface area (Å²) in [7, 11) is 4.09. The molecule has 3 nitrogen and oxygen atoms in total. The molecule has 3 rings (SSSR count). The average Bonchev–Trinajstić information content (AvgIpc) is 2.85. The van der Waals surface area contributed by atoms with Gasteiger partial charge in [0.05, 0.1) is 11.0 Å². The van der Waals surface area contributed by atoms with Gasteiger partial charge in [-0.3, -0.25) is 4.57 Å². The Labute approximate surface area is 129 Å². The number of aryl methyl sites for hydroxylation is 1. The summed E-state index contributed by atoms with van der Waals surface area (Å²) in [5.41, 5.74) is 4.42. The first-order chi connectivity index (χ1) is 10.2. The Hall–Kier alpha value is -2.00. The first-order valence-electron chi connectivity index (χ1n) is 7.01. The molecule has 21 heavy (non-hydrogen) atoms. The van der Waals surface area contributed by atoms with Crippen LogP contribution in [-0.4, -0.2) is 29.5 Å². The summed E-state index contributed by atoms with van der Waals surface area (Å²) in [5, 5.41) is 0. The second-order valence-corrected chi connectivity index (χ2v) is 5.58. The van der Waals surface area contributed by atoms with Gasteiger partial charge in [0.1, 0.15) is 5.82 Å². The summed E-state index contributed by atoms with van der Waals surface area (Å²) in [6.45, 7) is 0. The fourth-order valence-electron chi connectivity index (χ4n) is 2.53. The molecule has 1 heterocycles. The van der Waals surface area contributed by atoms with Crippen LogP contribution in [0.2, 0.25) is 0 Å². The number of hydrogen-bond donors (Lipinski definition) is 0. The molecule has 0 unspecified atom stereocenters. The number of halogens is 1. The normalized spacial score (nSPS) is 11.0. The number of imidazole rings is 1. The van der Waals surface area contributed by atoms with Crippen molar-refractivity contribution in [3.8, 4) is 5.69 Å². The van der Waals surface area contributed by atoms with Crippen LogP contribution in [0.5, 0.6) is 0 Å². The molecule has 0 aliphatic rings. The van der Waals surface area contributed by atoms with Gasteiger partial charge in [-0.15, -0.1) is 11.6 Å². The van der Waals surface area contributed by atoms with E-state index in [1.165, 1.54) is 5.69 Å². The lowest BCUT2D eigenvalue weighted by Crippen LogP contribution is -2.09. The van der Waals surface area contributed by atoms with E-state index in [1.54, 1.807) is 0 Å². The number of rotatable bonds is 4. The van der Waals surface area contributed by atoms with Crippen molar-refractivity contribution in [3.05, 3.63) is 54.4 Å². The molecule has 0 aliphatic heterocycles. The topological polar surface area (TPSA) is 21.1 Å². The zero-order chi connectivity index (χ0) is 14.8. The van der Waals surface area contributed by atoms with E-state index >= 15 is 0 Å². The summed E-state index contributed by atoms with van der Waals surface area (Å²) < 4.78 is 2.20. The van der Waals surface area contributed by atoms with Gasteiger partial charge in [0.2, 0.25) is 0 Å². The van der Waals surface area contributed by atoms with Crippen molar-refractivity contribution >= 4 is 28.3 Å². The highest BCUT2D eigenvalue weighted by molar-refractivity contribution is 6.17. The molecule has 0 radical (unpaired) electrons. The van der Waals surface area contributed by atoms with Gasteiger partial charge in [0.25, 0.3) is 0 Å². The van der Waals surface area contributed by atoms with E-state index in [4.69, 9.17) is 16.6 Å². The van der Waals surface area contributed by atoms with Crippen molar-refractivity contribution in [2.45, 2.75) is 6.42 Å². The van der Waals surface area contributed by atoms with Crippen molar-refractivity contribution in [2.24, 2.45) is 0 Å².